The zero-order valence-corrected chi connectivity index (χ0v) is 11.4. The van der Waals surface area contributed by atoms with Gasteiger partial charge in [0.25, 0.3) is 0 Å². The lowest BCUT2D eigenvalue weighted by molar-refractivity contribution is 0.163. The molecule has 1 unspecified atom stereocenters. The lowest BCUT2D eigenvalue weighted by Gasteiger charge is -2.45. The van der Waals surface area contributed by atoms with E-state index >= 15 is 0 Å². The Labute approximate surface area is 100 Å². The maximum atomic E-state index is 3.37. The Morgan fingerprint density at radius 1 is 1.31 bits per heavy atom. The first kappa shape index (κ1) is 11.8. The molecule has 0 aromatic rings. The van der Waals surface area contributed by atoms with Gasteiger partial charge >= 0.3 is 0 Å². The molecule has 90 valence electrons. The van der Waals surface area contributed by atoms with Crippen LogP contribution in [0.25, 0.3) is 0 Å². The summed E-state index contributed by atoms with van der Waals surface area (Å²) in [6.07, 6.45) is 6.97. The second kappa shape index (κ2) is 3.65. The van der Waals surface area contributed by atoms with Gasteiger partial charge in [-0.05, 0) is 53.0 Å². The fourth-order valence-electron chi connectivity index (χ4n) is 3.16. The Bertz CT molecular complexity index is 339. The zero-order valence-electron chi connectivity index (χ0n) is 11.4. The molecular formula is C15H25N. The molecule has 0 amide bonds. The first-order chi connectivity index (χ1) is 7.30. The van der Waals surface area contributed by atoms with Crippen LogP contribution in [-0.2, 0) is 0 Å². The molecule has 1 atom stereocenters. The van der Waals surface area contributed by atoms with Gasteiger partial charge in [0.15, 0.2) is 0 Å². The van der Waals surface area contributed by atoms with E-state index in [0.717, 1.165) is 12.5 Å². The quantitative estimate of drug-likeness (QED) is 0.652. The molecule has 1 nitrogen and oxygen atoms in total. The van der Waals surface area contributed by atoms with E-state index in [9.17, 15) is 0 Å². The number of hydrogen-bond acceptors (Lipinski definition) is 1. The number of nitrogens with one attached hydrogen (secondary N) is 1. The van der Waals surface area contributed by atoms with Crippen LogP contribution in [-0.4, -0.2) is 6.54 Å². The molecule has 1 heterocycles. The summed E-state index contributed by atoms with van der Waals surface area (Å²) in [5.74, 6) is 0.726. The molecule has 0 radical (unpaired) electrons. The van der Waals surface area contributed by atoms with Crippen LogP contribution in [0.4, 0.5) is 0 Å². The third-order valence-corrected chi connectivity index (χ3v) is 4.00. The van der Waals surface area contributed by atoms with E-state index in [-0.39, 0.29) is 0 Å². The summed E-state index contributed by atoms with van der Waals surface area (Å²) in [6, 6.07) is 0. The Kier molecular flexibility index (Phi) is 2.68. The molecule has 0 bridgehead atoms. The summed E-state index contributed by atoms with van der Waals surface area (Å²) in [5, 5.41) is 3.37. The smallest absolute Gasteiger partial charge is 0.0363 e. The van der Waals surface area contributed by atoms with Crippen molar-refractivity contribution >= 4 is 0 Å². The lowest BCUT2D eigenvalue weighted by Crippen LogP contribution is -2.37. The zero-order chi connectivity index (χ0) is 12.0. The summed E-state index contributed by atoms with van der Waals surface area (Å²) in [4.78, 5) is 0. The second-order valence-electron chi connectivity index (χ2n) is 7.23. The van der Waals surface area contributed by atoms with Gasteiger partial charge in [0.1, 0.15) is 0 Å². The average Bonchev–Trinajstić information content (AvgIpc) is 2.13. The van der Waals surface area contributed by atoms with Crippen LogP contribution in [0.1, 0.15) is 47.5 Å². The molecule has 0 aromatic carbocycles. The first-order valence-corrected chi connectivity index (χ1v) is 6.41. The lowest BCUT2D eigenvalue weighted by atomic mass is 9.61. The highest BCUT2D eigenvalue weighted by atomic mass is 14.8. The molecule has 0 saturated heterocycles. The molecule has 0 fully saturated rings. The fraction of sp³-hybridized carbons (Fsp3) is 0.733. The maximum absolute atomic E-state index is 3.37. The van der Waals surface area contributed by atoms with Crippen molar-refractivity contribution in [2.75, 3.05) is 6.54 Å². The predicted octanol–water partition coefficient (Wildman–Crippen LogP) is 3.88. The van der Waals surface area contributed by atoms with Crippen LogP contribution >= 0.6 is 0 Å². The van der Waals surface area contributed by atoms with Gasteiger partial charge in [-0.15, -0.1) is 0 Å². The summed E-state index contributed by atoms with van der Waals surface area (Å²) >= 11 is 0. The Balaban J connectivity index is 2.39. The van der Waals surface area contributed by atoms with Crippen LogP contribution < -0.4 is 5.32 Å². The summed E-state index contributed by atoms with van der Waals surface area (Å²) in [5.41, 5.74) is 4.09. The molecule has 1 N–H and O–H groups in total. The SMILES string of the molecule is CC1(C)CC2=C(CNC=C2)C(C(C)(C)C)C1. The molecule has 1 aliphatic carbocycles. The highest BCUT2D eigenvalue weighted by Gasteiger charge is 2.39. The van der Waals surface area contributed by atoms with Gasteiger partial charge in [-0.3, -0.25) is 0 Å². The molecule has 0 spiro atoms. The molecule has 0 saturated carbocycles. The topological polar surface area (TPSA) is 12.0 Å². The number of allylic oxidation sites excluding steroid dienone is 2. The second-order valence-corrected chi connectivity index (χ2v) is 7.23. The van der Waals surface area contributed by atoms with E-state index in [4.69, 9.17) is 0 Å². The van der Waals surface area contributed by atoms with E-state index in [0.29, 0.717) is 10.8 Å². The summed E-state index contributed by atoms with van der Waals surface area (Å²) < 4.78 is 0. The van der Waals surface area contributed by atoms with Crippen molar-refractivity contribution in [3.63, 3.8) is 0 Å². The van der Waals surface area contributed by atoms with Gasteiger partial charge in [-0.25, -0.2) is 0 Å². The van der Waals surface area contributed by atoms with Gasteiger partial charge in [-0.2, -0.15) is 0 Å². The highest BCUT2D eigenvalue weighted by Crippen LogP contribution is 2.49. The van der Waals surface area contributed by atoms with Crippen molar-refractivity contribution < 1.29 is 0 Å². The van der Waals surface area contributed by atoms with Gasteiger partial charge < -0.3 is 5.32 Å². The molecule has 2 aliphatic rings. The van der Waals surface area contributed by atoms with Gasteiger partial charge in [0.2, 0.25) is 0 Å². The summed E-state index contributed by atoms with van der Waals surface area (Å²) in [6.45, 7) is 13.0. The molecule has 16 heavy (non-hydrogen) atoms. The van der Waals surface area contributed by atoms with Crippen LogP contribution in [0, 0.1) is 16.7 Å². The van der Waals surface area contributed by atoms with Crippen molar-refractivity contribution in [3.05, 3.63) is 23.4 Å². The largest absolute Gasteiger partial charge is 0.387 e. The van der Waals surface area contributed by atoms with Crippen LogP contribution in [0.15, 0.2) is 23.4 Å². The Hall–Kier alpha value is -0.720. The van der Waals surface area contributed by atoms with E-state index in [1.807, 2.05) is 0 Å². The van der Waals surface area contributed by atoms with Crippen molar-refractivity contribution in [1.82, 2.24) is 5.32 Å². The fourth-order valence-corrected chi connectivity index (χ4v) is 3.16. The van der Waals surface area contributed by atoms with Crippen LogP contribution in [0.2, 0.25) is 0 Å². The minimum Gasteiger partial charge on any atom is -0.387 e. The van der Waals surface area contributed by atoms with E-state index in [1.54, 1.807) is 11.1 Å². The van der Waals surface area contributed by atoms with Crippen molar-refractivity contribution in [1.29, 1.82) is 0 Å². The Morgan fingerprint density at radius 2 is 2.00 bits per heavy atom. The van der Waals surface area contributed by atoms with E-state index < -0.39 is 0 Å². The number of rotatable bonds is 0. The van der Waals surface area contributed by atoms with Crippen molar-refractivity contribution in [3.8, 4) is 0 Å². The van der Waals surface area contributed by atoms with Crippen molar-refractivity contribution in [2.24, 2.45) is 16.7 Å². The molecule has 1 aliphatic heterocycles. The minimum atomic E-state index is 0.380. The number of hydrogen-bond donors (Lipinski definition) is 1. The Morgan fingerprint density at radius 3 is 2.62 bits per heavy atom. The molecule has 1 heteroatoms. The van der Waals surface area contributed by atoms with Gasteiger partial charge in [-0.1, -0.05) is 34.6 Å². The number of dihydropyridines is 1. The third-order valence-electron chi connectivity index (χ3n) is 4.00. The maximum Gasteiger partial charge on any atom is 0.0363 e. The normalized spacial score (nSPS) is 28.7. The predicted molar refractivity (Wildman–Crippen MR) is 70.1 cm³/mol. The van der Waals surface area contributed by atoms with Crippen LogP contribution in [0.5, 0.6) is 0 Å². The highest BCUT2D eigenvalue weighted by molar-refractivity contribution is 5.35. The van der Waals surface area contributed by atoms with Gasteiger partial charge in [0, 0.05) is 6.54 Å². The minimum absolute atomic E-state index is 0.380. The van der Waals surface area contributed by atoms with Crippen LogP contribution in [0.3, 0.4) is 0 Å². The average molecular weight is 219 g/mol. The molecule has 2 rings (SSSR count). The standard InChI is InChI=1S/C15H25N/c1-14(2,3)13-9-15(4,5)8-11-6-7-16-10-12(11)13/h6-7,13,16H,8-10H2,1-5H3. The molecular weight excluding hydrogens is 194 g/mol. The van der Waals surface area contributed by atoms with Crippen molar-refractivity contribution in [2.45, 2.75) is 47.5 Å². The van der Waals surface area contributed by atoms with E-state index in [2.05, 4.69) is 52.2 Å². The first-order valence-electron chi connectivity index (χ1n) is 6.41. The molecule has 0 aromatic heterocycles. The third kappa shape index (κ3) is 2.18. The van der Waals surface area contributed by atoms with E-state index in [1.165, 1.54) is 12.8 Å². The monoisotopic (exact) mass is 219 g/mol. The summed E-state index contributed by atoms with van der Waals surface area (Å²) in [7, 11) is 0. The van der Waals surface area contributed by atoms with Gasteiger partial charge in [0.05, 0.1) is 0 Å².